The van der Waals surface area contributed by atoms with Crippen molar-refractivity contribution in [1.29, 1.82) is 0 Å². The van der Waals surface area contributed by atoms with Gasteiger partial charge in [-0.25, -0.2) is 15.1 Å². The van der Waals surface area contributed by atoms with Crippen molar-refractivity contribution in [2.75, 3.05) is 19.6 Å². The van der Waals surface area contributed by atoms with Crippen LogP contribution >= 0.6 is 0 Å². The van der Waals surface area contributed by atoms with Gasteiger partial charge in [-0.1, -0.05) is 36.8 Å². The molecule has 1 fully saturated rings. The van der Waals surface area contributed by atoms with Crippen LogP contribution in [0, 0.1) is 0 Å². The highest BCUT2D eigenvalue weighted by Crippen LogP contribution is 2.16. The number of rotatable bonds is 13. The Labute approximate surface area is 204 Å². The third-order valence-corrected chi connectivity index (χ3v) is 5.69. The smallest absolute Gasteiger partial charge is 0.409 e. The average Bonchev–Trinajstić information content (AvgIpc) is 3.41. The van der Waals surface area contributed by atoms with E-state index in [1.54, 1.807) is 24.3 Å². The minimum atomic E-state index is -2.03. The Morgan fingerprint density at radius 3 is 2.66 bits per heavy atom. The highest BCUT2D eigenvalue weighted by Gasteiger charge is 2.43. The zero-order chi connectivity index (χ0) is 24.9. The van der Waals surface area contributed by atoms with E-state index in [-0.39, 0.29) is 19.3 Å². The van der Waals surface area contributed by atoms with Crippen LogP contribution in [0.2, 0.25) is 0 Å². The van der Waals surface area contributed by atoms with Gasteiger partial charge in [0.2, 0.25) is 5.66 Å². The largest absolute Gasteiger partial charge is 0.478 e. The Hall–Kier alpha value is -3.06. The minimum absolute atomic E-state index is 0.0194. The summed E-state index contributed by atoms with van der Waals surface area (Å²) in [4.78, 5) is 47.0. The maximum Gasteiger partial charge on any atom is 0.409 e. The molecule has 3 unspecified atom stereocenters. The van der Waals surface area contributed by atoms with E-state index in [4.69, 9.17) is 9.57 Å². The SMILES string of the molecule is O=C(NC(CCCCCNC1N=CCCN1)(NC(=O)C1CCNO1)C(=O)O)OCc1ccccc1. The highest BCUT2D eigenvalue weighted by molar-refractivity contribution is 5.91. The first-order valence-corrected chi connectivity index (χ1v) is 11.9. The van der Waals surface area contributed by atoms with Crippen LogP contribution in [0.1, 0.15) is 44.1 Å². The lowest BCUT2D eigenvalue weighted by Crippen LogP contribution is -2.66. The Morgan fingerprint density at radius 2 is 1.97 bits per heavy atom. The maximum atomic E-state index is 12.7. The third kappa shape index (κ3) is 8.58. The molecule has 2 aliphatic rings. The van der Waals surface area contributed by atoms with E-state index >= 15 is 0 Å². The molecule has 192 valence electrons. The normalized spacial score (nSPS) is 21.1. The fourth-order valence-electron chi connectivity index (χ4n) is 3.76. The number of carboxylic acid groups (broad SMARTS) is 1. The second-order valence-corrected chi connectivity index (χ2v) is 8.42. The molecule has 35 heavy (non-hydrogen) atoms. The topological polar surface area (TPSA) is 162 Å². The minimum Gasteiger partial charge on any atom is -0.478 e. The number of hydrogen-bond acceptors (Lipinski definition) is 9. The number of ether oxygens (including phenoxy) is 1. The molecule has 0 spiro atoms. The van der Waals surface area contributed by atoms with Crippen molar-refractivity contribution >= 4 is 24.2 Å². The van der Waals surface area contributed by atoms with Crippen LogP contribution in [0.5, 0.6) is 0 Å². The first kappa shape index (κ1) is 26.5. The molecular formula is C23H34N6O6. The summed E-state index contributed by atoms with van der Waals surface area (Å²) in [6.07, 6.45) is 3.16. The Bertz CT molecular complexity index is 863. The van der Waals surface area contributed by atoms with Gasteiger partial charge in [-0.15, -0.1) is 0 Å². The summed E-state index contributed by atoms with van der Waals surface area (Å²) in [6.45, 7) is 2.00. The van der Waals surface area contributed by atoms with Gasteiger partial charge in [0, 0.05) is 25.7 Å². The maximum absolute atomic E-state index is 12.7. The number of aliphatic imine (C=N–C) groups is 1. The number of nitrogens with one attached hydrogen (secondary N) is 5. The monoisotopic (exact) mass is 490 g/mol. The number of carboxylic acids is 1. The van der Waals surface area contributed by atoms with Gasteiger partial charge in [0.1, 0.15) is 6.61 Å². The molecule has 12 heteroatoms. The van der Waals surface area contributed by atoms with E-state index in [2.05, 4.69) is 31.7 Å². The van der Waals surface area contributed by atoms with E-state index in [9.17, 15) is 19.5 Å². The van der Waals surface area contributed by atoms with Crippen LogP contribution < -0.4 is 26.7 Å². The van der Waals surface area contributed by atoms with Gasteiger partial charge in [-0.3, -0.25) is 30.6 Å². The fourth-order valence-corrected chi connectivity index (χ4v) is 3.76. The van der Waals surface area contributed by atoms with Gasteiger partial charge in [0.25, 0.3) is 5.91 Å². The van der Waals surface area contributed by atoms with E-state index in [1.165, 1.54) is 0 Å². The predicted molar refractivity (Wildman–Crippen MR) is 127 cm³/mol. The molecule has 2 aliphatic heterocycles. The summed E-state index contributed by atoms with van der Waals surface area (Å²) in [5.74, 6) is -2.00. The molecule has 12 nitrogen and oxygen atoms in total. The summed E-state index contributed by atoms with van der Waals surface area (Å²) in [6, 6.07) is 9.01. The lowest BCUT2D eigenvalue weighted by atomic mass is 10.0. The number of unbranched alkanes of at least 4 members (excludes halogenated alkanes) is 2. The van der Waals surface area contributed by atoms with Crippen molar-refractivity contribution in [3.8, 4) is 0 Å². The molecular weight excluding hydrogens is 456 g/mol. The van der Waals surface area contributed by atoms with E-state index in [0.29, 0.717) is 32.4 Å². The van der Waals surface area contributed by atoms with Crippen LogP contribution in [0.4, 0.5) is 4.79 Å². The van der Waals surface area contributed by atoms with Crippen molar-refractivity contribution in [2.24, 2.45) is 4.99 Å². The summed E-state index contributed by atoms with van der Waals surface area (Å²) in [5.41, 5.74) is 1.32. The van der Waals surface area contributed by atoms with Crippen molar-refractivity contribution < 1.29 is 29.1 Å². The molecule has 0 saturated carbocycles. The standard InChI is InChI=1S/C23H34N6O6/c30-19(18-10-15-27-35-18)28-23(20(31)32,29-22(33)34-16-17-8-3-1-4-9-17)11-5-2-6-12-24-21-25-13-7-14-26-21/h1,3-4,8-9,13,18,21,24,26-27H,2,5-7,10-12,14-16H2,(H,28,30)(H,29,33)(H,31,32). The molecule has 0 aromatic heterocycles. The number of alkyl carbamates (subject to hydrolysis) is 1. The third-order valence-electron chi connectivity index (χ3n) is 5.69. The predicted octanol–water partition coefficient (Wildman–Crippen LogP) is 0.601. The molecule has 3 atom stereocenters. The summed E-state index contributed by atoms with van der Waals surface area (Å²) in [7, 11) is 0. The van der Waals surface area contributed by atoms with Crippen LogP contribution in [0.15, 0.2) is 35.3 Å². The van der Waals surface area contributed by atoms with Gasteiger partial charge in [-0.05, 0) is 37.8 Å². The number of amides is 2. The average molecular weight is 491 g/mol. The fraction of sp³-hybridized carbons (Fsp3) is 0.565. The molecule has 2 amide bonds. The van der Waals surface area contributed by atoms with Crippen molar-refractivity contribution in [3.05, 3.63) is 35.9 Å². The van der Waals surface area contributed by atoms with E-state index < -0.39 is 29.7 Å². The first-order chi connectivity index (χ1) is 17.0. The number of aliphatic carboxylic acids is 1. The molecule has 0 aliphatic carbocycles. The molecule has 3 rings (SSSR count). The first-order valence-electron chi connectivity index (χ1n) is 11.9. The zero-order valence-electron chi connectivity index (χ0n) is 19.6. The highest BCUT2D eigenvalue weighted by atomic mass is 16.7. The van der Waals surface area contributed by atoms with Gasteiger partial charge < -0.3 is 15.2 Å². The summed E-state index contributed by atoms with van der Waals surface area (Å²) >= 11 is 0. The second kappa shape index (κ2) is 13.7. The molecule has 1 saturated heterocycles. The number of hydroxylamine groups is 1. The van der Waals surface area contributed by atoms with E-state index in [0.717, 1.165) is 24.9 Å². The summed E-state index contributed by atoms with van der Waals surface area (Å²) in [5, 5.41) is 21.4. The number of carbonyl (C=O) groups excluding carboxylic acids is 2. The molecule has 1 aromatic rings. The molecule has 0 radical (unpaired) electrons. The van der Waals surface area contributed by atoms with Crippen LogP contribution in [0.25, 0.3) is 0 Å². The van der Waals surface area contributed by atoms with Crippen LogP contribution in [-0.4, -0.2) is 67.0 Å². The van der Waals surface area contributed by atoms with Crippen LogP contribution in [0.3, 0.4) is 0 Å². The molecule has 2 heterocycles. The van der Waals surface area contributed by atoms with Crippen molar-refractivity contribution in [2.45, 2.75) is 63.2 Å². The summed E-state index contributed by atoms with van der Waals surface area (Å²) < 4.78 is 5.21. The Morgan fingerprint density at radius 1 is 1.14 bits per heavy atom. The number of benzene rings is 1. The van der Waals surface area contributed by atoms with Gasteiger partial charge in [0.05, 0.1) is 0 Å². The van der Waals surface area contributed by atoms with Gasteiger partial charge in [-0.2, -0.15) is 0 Å². The number of hydrogen-bond donors (Lipinski definition) is 6. The lowest BCUT2D eigenvalue weighted by molar-refractivity contribution is -0.152. The molecule has 0 bridgehead atoms. The quantitative estimate of drug-likeness (QED) is 0.172. The van der Waals surface area contributed by atoms with Crippen molar-refractivity contribution in [1.82, 2.24) is 26.7 Å². The van der Waals surface area contributed by atoms with Crippen molar-refractivity contribution in [3.63, 3.8) is 0 Å². The molecule has 6 N–H and O–H groups in total. The lowest BCUT2D eigenvalue weighted by Gasteiger charge is -2.32. The Kier molecular flexibility index (Phi) is 10.4. The van der Waals surface area contributed by atoms with Crippen LogP contribution in [-0.2, 0) is 25.8 Å². The second-order valence-electron chi connectivity index (χ2n) is 8.42. The Balaban J connectivity index is 1.55. The zero-order valence-corrected chi connectivity index (χ0v) is 19.6. The number of nitrogens with zero attached hydrogens (tertiary/aromatic N) is 1. The molecule has 1 aromatic carbocycles. The van der Waals surface area contributed by atoms with Gasteiger partial charge >= 0.3 is 12.1 Å². The van der Waals surface area contributed by atoms with E-state index in [1.807, 2.05) is 12.3 Å². The van der Waals surface area contributed by atoms with Gasteiger partial charge in [0.15, 0.2) is 12.4 Å². The number of carbonyl (C=O) groups is 3.